The van der Waals surface area contributed by atoms with Gasteiger partial charge in [-0.25, -0.2) is 4.98 Å². The third kappa shape index (κ3) is 4.91. The molecular weight excluding hydrogens is 393 g/mol. The van der Waals surface area contributed by atoms with Gasteiger partial charge in [0, 0.05) is 45.8 Å². The van der Waals surface area contributed by atoms with Gasteiger partial charge in [-0.2, -0.15) is 4.98 Å². The molecule has 1 fully saturated rings. The second-order valence-corrected chi connectivity index (χ2v) is 7.84. The number of aromatic nitrogens is 3. The number of nitrogens with one attached hydrogen (secondary N) is 2. The average molecular weight is 414 g/mol. The van der Waals surface area contributed by atoms with Crippen LogP contribution in [0.3, 0.4) is 0 Å². The number of anilines is 3. The maximum absolute atomic E-state index is 6.13. The summed E-state index contributed by atoms with van der Waals surface area (Å²) in [6.45, 7) is 0. The van der Waals surface area contributed by atoms with Crippen molar-refractivity contribution in [1.29, 1.82) is 0 Å². The van der Waals surface area contributed by atoms with Gasteiger partial charge in [0.25, 0.3) is 0 Å². The minimum Gasteiger partial charge on any atom is -0.351 e. The van der Waals surface area contributed by atoms with Gasteiger partial charge in [-0.1, -0.05) is 42.5 Å². The first kappa shape index (κ1) is 19.0. The Morgan fingerprint density at radius 3 is 2.43 bits per heavy atom. The fraction of sp³-hybridized carbons (Fsp3) is 0.286. The molecule has 2 aromatic heterocycles. The van der Waals surface area contributed by atoms with Gasteiger partial charge in [0.05, 0.1) is 5.69 Å². The highest BCUT2D eigenvalue weighted by Gasteiger charge is 2.16. The van der Waals surface area contributed by atoms with E-state index in [4.69, 9.17) is 28.2 Å². The molecule has 0 atom stereocenters. The van der Waals surface area contributed by atoms with Gasteiger partial charge >= 0.3 is 0 Å². The van der Waals surface area contributed by atoms with E-state index in [0.717, 1.165) is 29.8 Å². The molecule has 5 nitrogen and oxygen atoms in total. The van der Waals surface area contributed by atoms with Gasteiger partial charge in [0.15, 0.2) is 0 Å². The predicted molar refractivity (Wildman–Crippen MR) is 116 cm³/mol. The third-order valence-corrected chi connectivity index (χ3v) is 5.19. The van der Waals surface area contributed by atoms with Gasteiger partial charge in [0.1, 0.15) is 5.82 Å². The Morgan fingerprint density at radius 2 is 1.71 bits per heavy atom. The van der Waals surface area contributed by atoms with E-state index in [1.165, 1.54) is 19.3 Å². The summed E-state index contributed by atoms with van der Waals surface area (Å²) >= 11 is 12.3. The molecule has 0 bridgehead atoms. The fourth-order valence-electron chi connectivity index (χ4n) is 3.44. The second-order valence-electron chi connectivity index (χ2n) is 6.97. The first-order valence-electron chi connectivity index (χ1n) is 9.45. The topological polar surface area (TPSA) is 62.7 Å². The zero-order chi connectivity index (χ0) is 19.3. The molecule has 0 amide bonds. The Balaban J connectivity index is 1.66. The van der Waals surface area contributed by atoms with Crippen molar-refractivity contribution in [2.75, 3.05) is 10.6 Å². The summed E-state index contributed by atoms with van der Waals surface area (Å²) in [6, 6.07) is 11.5. The van der Waals surface area contributed by atoms with Gasteiger partial charge in [-0.3, -0.25) is 4.98 Å². The van der Waals surface area contributed by atoms with Crippen LogP contribution in [0.4, 0.5) is 17.5 Å². The maximum Gasteiger partial charge on any atom is 0.225 e. The Labute approximate surface area is 174 Å². The molecule has 1 aliphatic rings. The van der Waals surface area contributed by atoms with Crippen LogP contribution in [0.2, 0.25) is 10.0 Å². The molecule has 2 heterocycles. The standard InChI is InChI=1S/C21H21Cl2N5/c22-15-9-16(23)11-18(10-15)25-20-12-19(14-5-4-8-24-13-14)27-21(28-20)26-17-6-2-1-3-7-17/h4-5,8-13,17H,1-3,6-7H2,(H2,25,26,27,28). The molecule has 2 N–H and O–H groups in total. The zero-order valence-electron chi connectivity index (χ0n) is 15.3. The van der Waals surface area contributed by atoms with E-state index >= 15 is 0 Å². The lowest BCUT2D eigenvalue weighted by Crippen LogP contribution is -2.23. The molecule has 144 valence electrons. The van der Waals surface area contributed by atoms with E-state index in [1.54, 1.807) is 18.5 Å². The average Bonchev–Trinajstić information content (AvgIpc) is 2.68. The number of hydrogen-bond acceptors (Lipinski definition) is 5. The molecule has 0 saturated heterocycles. The van der Waals surface area contributed by atoms with Gasteiger partial charge in [-0.15, -0.1) is 0 Å². The third-order valence-electron chi connectivity index (χ3n) is 4.76. The minimum absolute atomic E-state index is 0.409. The van der Waals surface area contributed by atoms with Crippen molar-refractivity contribution >= 4 is 40.7 Å². The lowest BCUT2D eigenvalue weighted by molar-refractivity contribution is 0.461. The molecular formula is C21H21Cl2N5. The molecule has 1 aliphatic carbocycles. The molecule has 3 aromatic rings. The zero-order valence-corrected chi connectivity index (χ0v) is 16.8. The number of rotatable bonds is 5. The summed E-state index contributed by atoms with van der Waals surface area (Å²) in [4.78, 5) is 13.6. The molecule has 1 aromatic carbocycles. The van der Waals surface area contributed by atoms with Crippen LogP contribution >= 0.6 is 23.2 Å². The Hall–Kier alpha value is -2.37. The molecule has 0 radical (unpaired) electrons. The van der Waals surface area contributed by atoms with Crippen molar-refractivity contribution in [1.82, 2.24) is 15.0 Å². The van der Waals surface area contributed by atoms with Crippen LogP contribution < -0.4 is 10.6 Å². The Kier molecular flexibility index (Phi) is 5.93. The van der Waals surface area contributed by atoms with E-state index in [1.807, 2.05) is 30.3 Å². The molecule has 0 spiro atoms. The normalized spacial score (nSPS) is 14.6. The van der Waals surface area contributed by atoms with Crippen LogP contribution in [0, 0.1) is 0 Å². The molecule has 0 unspecified atom stereocenters. The summed E-state index contributed by atoms with van der Waals surface area (Å²) in [5, 5.41) is 7.93. The highest BCUT2D eigenvalue weighted by Crippen LogP contribution is 2.28. The van der Waals surface area contributed by atoms with Crippen molar-refractivity contribution in [2.45, 2.75) is 38.1 Å². The Morgan fingerprint density at radius 1 is 0.929 bits per heavy atom. The monoisotopic (exact) mass is 413 g/mol. The van der Waals surface area contributed by atoms with Gasteiger partial charge in [0.2, 0.25) is 5.95 Å². The van der Waals surface area contributed by atoms with Crippen LogP contribution in [0.1, 0.15) is 32.1 Å². The van der Waals surface area contributed by atoms with E-state index < -0.39 is 0 Å². The molecule has 0 aliphatic heterocycles. The van der Waals surface area contributed by atoms with E-state index in [-0.39, 0.29) is 0 Å². The molecule has 7 heteroatoms. The number of halogens is 2. The molecule has 4 rings (SSSR count). The van der Waals surface area contributed by atoms with Crippen LogP contribution in [-0.2, 0) is 0 Å². The van der Waals surface area contributed by atoms with Crippen molar-refractivity contribution < 1.29 is 0 Å². The number of hydrogen-bond donors (Lipinski definition) is 2. The lowest BCUT2D eigenvalue weighted by atomic mass is 9.96. The summed E-state index contributed by atoms with van der Waals surface area (Å²) in [6.07, 6.45) is 9.63. The summed E-state index contributed by atoms with van der Waals surface area (Å²) < 4.78 is 0. The first-order valence-corrected chi connectivity index (χ1v) is 10.2. The fourth-order valence-corrected chi connectivity index (χ4v) is 3.97. The smallest absolute Gasteiger partial charge is 0.225 e. The number of pyridine rings is 1. The number of benzene rings is 1. The van der Waals surface area contributed by atoms with Crippen LogP contribution in [0.15, 0.2) is 48.8 Å². The van der Waals surface area contributed by atoms with Gasteiger partial charge in [-0.05, 0) is 43.2 Å². The van der Waals surface area contributed by atoms with E-state index in [0.29, 0.717) is 27.9 Å². The number of nitrogens with zero attached hydrogens (tertiary/aromatic N) is 3. The van der Waals surface area contributed by atoms with Crippen molar-refractivity contribution in [3.8, 4) is 11.3 Å². The lowest BCUT2D eigenvalue weighted by Gasteiger charge is -2.23. The van der Waals surface area contributed by atoms with E-state index in [2.05, 4.69) is 20.6 Å². The highest BCUT2D eigenvalue weighted by molar-refractivity contribution is 6.35. The van der Waals surface area contributed by atoms with Crippen LogP contribution in [0.5, 0.6) is 0 Å². The van der Waals surface area contributed by atoms with E-state index in [9.17, 15) is 0 Å². The summed E-state index contributed by atoms with van der Waals surface area (Å²) in [5.74, 6) is 1.29. The largest absolute Gasteiger partial charge is 0.351 e. The van der Waals surface area contributed by atoms with Crippen LogP contribution in [0.25, 0.3) is 11.3 Å². The SMILES string of the molecule is Clc1cc(Cl)cc(Nc2cc(-c3cccnc3)nc(NC3CCCCC3)n2)c1. The Bertz CT molecular complexity index is 923. The van der Waals surface area contributed by atoms with Crippen LogP contribution in [-0.4, -0.2) is 21.0 Å². The minimum atomic E-state index is 0.409. The highest BCUT2D eigenvalue weighted by atomic mass is 35.5. The summed E-state index contributed by atoms with van der Waals surface area (Å²) in [5.41, 5.74) is 2.51. The summed E-state index contributed by atoms with van der Waals surface area (Å²) in [7, 11) is 0. The first-order chi connectivity index (χ1) is 13.7. The van der Waals surface area contributed by atoms with Crippen molar-refractivity contribution in [3.63, 3.8) is 0 Å². The van der Waals surface area contributed by atoms with Crippen molar-refractivity contribution in [3.05, 3.63) is 58.8 Å². The predicted octanol–water partition coefficient (Wildman–Crippen LogP) is 6.33. The maximum atomic E-state index is 6.13. The molecule has 1 saturated carbocycles. The molecule has 28 heavy (non-hydrogen) atoms. The van der Waals surface area contributed by atoms with Crippen molar-refractivity contribution in [2.24, 2.45) is 0 Å². The van der Waals surface area contributed by atoms with Gasteiger partial charge < -0.3 is 10.6 Å². The second kappa shape index (κ2) is 8.76. The quantitative estimate of drug-likeness (QED) is 0.511.